The fraction of sp³-hybridized carbons (Fsp3) is 0.789. The standard InChI is InChI=1S/C19H31N3O2/c1-18(2,3)24-17(23)22-10-6-7-13(12-22)16-14-11-19(4,5)9-8-15(14)20-21-16/h13H,6-12H2,1-5H3,(H,20,21). The number of aromatic nitrogens is 2. The van der Waals surface area contributed by atoms with Crippen molar-refractivity contribution in [3.8, 4) is 0 Å². The number of hydrogen-bond donors (Lipinski definition) is 1. The minimum absolute atomic E-state index is 0.197. The fourth-order valence-corrected chi connectivity index (χ4v) is 3.88. The summed E-state index contributed by atoms with van der Waals surface area (Å²) in [6.07, 6.45) is 5.27. The number of aromatic amines is 1. The number of nitrogens with zero attached hydrogens (tertiary/aromatic N) is 2. The first-order valence-electron chi connectivity index (χ1n) is 9.19. The summed E-state index contributed by atoms with van der Waals surface area (Å²) in [6, 6.07) is 0. The average molecular weight is 333 g/mol. The van der Waals surface area contributed by atoms with Crippen molar-refractivity contribution in [2.45, 2.75) is 78.2 Å². The Morgan fingerprint density at radius 2 is 2.12 bits per heavy atom. The molecular formula is C19H31N3O2. The van der Waals surface area contributed by atoms with E-state index in [1.54, 1.807) is 0 Å². The Morgan fingerprint density at radius 3 is 2.83 bits per heavy atom. The smallest absolute Gasteiger partial charge is 0.410 e. The van der Waals surface area contributed by atoms with Crippen LogP contribution in [-0.2, 0) is 17.6 Å². The number of H-pyrrole nitrogens is 1. The number of carbonyl (C=O) groups is 1. The van der Waals surface area contributed by atoms with Crippen LogP contribution in [0.4, 0.5) is 4.79 Å². The minimum atomic E-state index is -0.445. The Morgan fingerprint density at radius 1 is 1.38 bits per heavy atom. The van der Waals surface area contributed by atoms with E-state index in [1.165, 1.54) is 23.4 Å². The van der Waals surface area contributed by atoms with Crippen molar-refractivity contribution >= 4 is 6.09 Å². The van der Waals surface area contributed by atoms with Gasteiger partial charge in [-0.2, -0.15) is 5.10 Å². The second-order valence-electron chi connectivity index (χ2n) is 9.17. The van der Waals surface area contributed by atoms with E-state index in [2.05, 4.69) is 24.0 Å². The highest BCUT2D eigenvalue weighted by atomic mass is 16.6. The van der Waals surface area contributed by atoms with Gasteiger partial charge in [-0.25, -0.2) is 4.79 Å². The Bertz CT molecular complexity index is 613. The van der Waals surface area contributed by atoms with Gasteiger partial charge in [0, 0.05) is 24.7 Å². The maximum Gasteiger partial charge on any atom is 0.410 e. The van der Waals surface area contributed by atoms with Crippen LogP contribution in [0.2, 0.25) is 0 Å². The molecule has 1 aliphatic heterocycles. The molecule has 0 spiro atoms. The number of piperidine rings is 1. The Hall–Kier alpha value is -1.52. The van der Waals surface area contributed by atoms with Gasteiger partial charge in [-0.1, -0.05) is 13.8 Å². The van der Waals surface area contributed by atoms with Gasteiger partial charge in [-0.05, 0) is 63.9 Å². The van der Waals surface area contributed by atoms with Crippen LogP contribution in [0.3, 0.4) is 0 Å². The molecule has 0 bridgehead atoms. The molecule has 1 fully saturated rings. The number of ether oxygens (including phenoxy) is 1. The summed E-state index contributed by atoms with van der Waals surface area (Å²) >= 11 is 0. The average Bonchev–Trinajstić information content (AvgIpc) is 2.87. The second-order valence-corrected chi connectivity index (χ2v) is 9.17. The third-order valence-electron chi connectivity index (χ3n) is 5.15. The van der Waals surface area contributed by atoms with Gasteiger partial charge in [0.15, 0.2) is 0 Å². The molecule has 1 N–H and O–H groups in total. The van der Waals surface area contributed by atoms with Gasteiger partial charge >= 0.3 is 6.09 Å². The monoisotopic (exact) mass is 333 g/mol. The van der Waals surface area contributed by atoms with Gasteiger partial charge in [-0.3, -0.25) is 5.10 Å². The minimum Gasteiger partial charge on any atom is -0.444 e. The number of amides is 1. The van der Waals surface area contributed by atoms with Gasteiger partial charge in [0.25, 0.3) is 0 Å². The molecule has 24 heavy (non-hydrogen) atoms. The van der Waals surface area contributed by atoms with Crippen LogP contribution in [0.25, 0.3) is 0 Å². The summed E-state index contributed by atoms with van der Waals surface area (Å²) in [6.45, 7) is 11.9. The van der Waals surface area contributed by atoms with E-state index in [4.69, 9.17) is 4.74 Å². The summed E-state index contributed by atoms with van der Waals surface area (Å²) in [4.78, 5) is 14.3. The zero-order valence-corrected chi connectivity index (χ0v) is 15.7. The Kier molecular flexibility index (Phi) is 4.39. The van der Waals surface area contributed by atoms with Crippen LogP contribution in [-0.4, -0.2) is 39.9 Å². The van der Waals surface area contributed by atoms with Crippen LogP contribution in [0.15, 0.2) is 0 Å². The predicted octanol–water partition coefficient (Wildman–Crippen LogP) is 4.04. The van der Waals surface area contributed by atoms with Gasteiger partial charge in [0.05, 0.1) is 5.69 Å². The molecule has 5 heteroatoms. The van der Waals surface area contributed by atoms with E-state index in [9.17, 15) is 4.79 Å². The number of hydrogen-bond acceptors (Lipinski definition) is 3. The molecule has 1 unspecified atom stereocenters. The number of carbonyl (C=O) groups excluding carboxylic acids is 1. The molecule has 0 saturated carbocycles. The van der Waals surface area contributed by atoms with Crippen molar-refractivity contribution < 1.29 is 9.53 Å². The summed E-state index contributed by atoms with van der Waals surface area (Å²) in [5.41, 5.74) is 3.79. The van der Waals surface area contributed by atoms with Crippen LogP contribution in [0.5, 0.6) is 0 Å². The molecule has 1 aliphatic carbocycles. The van der Waals surface area contributed by atoms with Gasteiger partial charge in [0.1, 0.15) is 5.60 Å². The largest absolute Gasteiger partial charge is 0.444 e. The van der Waals surface area contributed by atoms with Crippen LogP contribution in [0.1, 0.15) is 76.8 Å². The van der Waals surface area contributed by atoms with Gasteiger partial charge < -0.3 is 9.64 Å². The molecule has 1 atom stereocenters. The maximum absolute atomic E-state index is 12.4. The molecular weight excluding hydrogens is 302 g/mol. The third kappa shape index (κ3) is 3.76. The van der Waals surface area contributed by atoms with Crippen molar-refractivity contribution in [1.29, 1.82) is 0 Å². The van der Waals surface area contributed by atoms with Crippen molar-refractivity contribution in [3.63, 3.8) is 0 Å². The molecule has 1 aromatic heterocycles. The zero-order valence-electron chi connectivity index (χ0n) is 15.7. The van der Waals surface area contributed by atoms with E-state index in [1.807, 2.05) is 25.7 Å². The Balaban J connectivity index is 1.74. The lowest BCUT2D eigenvalue weighted by atomic mass is 9.74. The molecule has 2 heterocycles. The molecule has 0 radical (unpaired) electrons. The quantitative estimate of drug-likeness (QED) is 0.844. The first kappa shape index (κ1) is 17.3. The van der Waals surface area contributed by atoms with Crippen molar-refractivity contribution in [3.05, 3.63) is 17.0 Å². The lowest BCUT2D eigenvalue weighted by Gasteiger charge is -2.35. The summed E-state index contributed by atoms with van der Waals surface area (Å²) in [7, 11) is 0. The first-order valence-corrected chi connectivity index (χ1v) is 9.19. The van der Waals surface area contributed by atoms with E-state index < -0.39 is 5.60 Å². The van der Waals surface area contributed by atoms with E-state index in [-0.39, 0.29) is 6.09 Å². The molecule has 134 valence electrons. The van der Waals surface area contributed by atoms with Crippen molar-refractivity contribution in [1.82, 2.24) is 15.1 Å². The van der Waals surface area contributed by atoms with Crippen molar-refractivity contribution in [2.24, 2.45) is 5.41 Å². The number of likely N-dealkylation sites (tertiary alicyclic amines) is 1. The van der Waals surface area contributed by atoms with Gasteiger partial charge in [0.2, 0.25) is 0 Å². The molecule has 1 aromatic rings. The third-order valence-corrected chi connectivity index (χ3v) is 5.15. The molecule has 5 nitrogen and oxygen atoms in total. The molecule has 2 aliphatic rings. The molecule has 0 aromatic carbocycles. The number of aryl methyl sites for hydroxylation is 1. The normalized spacial score (nSPS) is 23.7. The van der Waals surface area contributed by atoms with Crippen LogP contribution in [0, 0.1) is 5.41 Å². The second kappa shape index (κ2) is 6.08. The number of rotatable bonds is 1. The summed E-state index contributed by atoms with van der Waals surface area (Å²) in [5.74, 6) is 0.320. The number of nitrogens with one attached hydrogen (secondary N) is 1. The highest BCUT2D eigenvalue weighted by molar-refractivity contribution is 5.68. The predicted molar refractivity (Wildman–Crippen MR) is 94.2 cm³/mol. The SMILES string of the molecule is CC1(C)CCc2[nH]nc(C3CCCN(C(=O)OC(C)(C)C)C3)c2C1. The first-order chi connectivity index (χ1) is 11.1. The van der Waals surface area contributed by atoms with Crippen LogP contribution >= 0.6 is 0 Å². The molecule has 1 saturated heterocycles. The lowest BCUT2D eigenvalue weighted by Crippen LogP contribution is -2.42. The Labute approximate surface area is 145 Å². The van der Waals surface area contributed by atoms with Gasteiger partial charge in [-0.15, -0.1) is 0 Å². The van der Waals surface area contributed by atoms with Crippen LogP contribution < -0.4 is 0 Å². The molecule has 1 amide bonds. The van der Waals surface area contributed by atoms with E-state index in [0.717, 1.165) is 32.2 Å². The van der Waals surface area contributed by atoms with E-state index >= 15 is 0 Å². The molecule has 3 rings (SSSR count). The summed E-state index contributed by atoms with van der Waals surface area (Å²) in [5, 5.41) is 7.91. The maximum atomic E-state index is 12.4. The zero-order chi connectivity index (χ0) is 17.5. The highest BCUT2D eigenvalue weighted by Crippen LogP contribution is 2.39. The van der Waals surface area contributed by atoms with Crippen molar-refractivity contribution in [2.75, 3.05) is 13.1 Å². The highest BCUT2D eigenvalue weighted by Gasteiger charge is 2.34. The summed E-state index contributed by atoms with van der Waals surface area (Å²) < 4.78 is 5.55. The van der Waals surface area contributed by atoms with E-state index in [0.29, 0.717) is 17.9 Å². The fourth-order valence-electron chi connectivity index (χ4n) is 3.88. The topological polar surface area (TPSA) is 58.2 Å². The lowest BCUT2D eigenvalue weighted by molar-refractivity contribution is 0.0196. The number of fused-ring (bicyclic) bond motifs is 1.